The van der Waals surface area contributed by atoms with Crippen LogP contribution >= 0.6 is 0 Å². The number of benzene rings is 3. The van der Waals surface area contributed by atoms with Crippen LogP contribution in [0.15, 0.2) is 97.1 Å². The maximum atomic E-state index is 9.28. The van der Waals surface area contributed by atoms with Gasteiger partial charge in [0.1, 0.15) is 18.0 Å². The molecular formula is C28H28O4. The van der Waals surface area contributed by atoms with Gasteiger partial charge in [-0.05, 0) is 46.0 Å². The minimum Gasteiger partial charge on any atom is -0.491 e. The summed E-state index contributed by atoms with van der Waals surface area (Å²) in [6.45, 7) is 0.594. The average Bonchev–Trinajstić information content (AvgIpc) is 2.87. The summed E-state index contributed by atoms with van der Waals surface area (Å²) in [7, 11) is 0. The Balaban J connectivity index is 1.49. The van der Waals surface area contributed by atoms with Crippen LogP contribution in [-0.2, 0) is 10.3 Å². The first kappa shape index (κ1) is 22.0. The lowest BCUT2D eigenvalue weighted by Gasteiger charge is -2.33. The Morgan fingerprint density at radius 2 is 1.34 bits per heavy atom. The van der Waals surface area contributed by atoms with Crippen LogP contribution in [-0.4, -0.2) is 36.6 Å². The van der Waals surface area contributed by atoms with Crippen molar-refractivity contribution in [2.75, 3.05) is 26.4 Å². The first-order chi connectivity index (χ1) is 15.7. The molecular weight excluding hydrogens is 400 g/mol. The van der Waals surface area contributed by atoms with Gasteiger partial charge in [0.15, 0.2) is 0 Å². The van der Waals surface area contributed by atoms with E-state index in [1.807, 2.05) is 42.5 Å². The van der Waals surface area contributed by atoms with Crippen molar-refractivity contribution >= 4 is 5.57 Å². The van der Waals surface area contributed by atoms with E-state index in [0.29, 0.717) is 19.6 Å². The highest BCUT2D eigenvalue weighted by Gasteiger charge is 2.31. The predicted molar refractivity (Wildman–Crippen MR) is 127 cm³/mol. The zero-order chi connectivity index (χ0) is 22.2. The van der Waals surface area contributed by atoms with Crippen LogP contribution in [0.3, 0.4) is 0 Å². The largest absolute Gasteiger partial charge is 0.491 e. The molecule has 0 spiro atoms. The number of rotatable bonds is 9. The second-order valence-electron chi connectivity index (χ2n) is 7.70. The van der Waals surface area contributed by atoms with Gasteiger partial charge in [-0.3, -0.25) is 0 Å². The van der Waals surface area contributed by atoms with E-state index in [1.165, 1.54) is 0 Å². The molecule has 1 atom stereocenters. The zero-order valence-corrected chi connectivity index (χ0v) is 18.0. The number of hydrogen-bond donors (Lipinski definition) is 2. The van der Waals surface area contributed by atoms with Crippen molar-refractivity contribution < 1.29 is 19.7 Å². The molecule has 4 rings (SSSR count). The summed E-state index contributed by atoms with van der Waals surface area (Å²) in [4.78, 5) is 0. The topological polar surface area (TPSA) is 58.9 Å². The molecule has 0 aliphatic heterocycles. The van der Waals surface area contributed by atoms with Gasteiger partial charge in [0.25, 0.3) is 0 Å². The summed E-state index contributed by atoms with van der Waals surface area (Å²) in [5.74, 6) is 0.752. The molecule has 0 amide bonds. The summed E-state index contributed by atoms with van der Waals surface area (Å²) in [5.41, 5.74) is 5.09. The predicted octanol–water partition coefficient (Wildman–Crippen LogP) is 4.97. The van der Waals surface area contributed by atoms with Crippen molar-refractivity contribution in [3.63, 3.8) is 0 Å². The van der Waals surface area contributed by atoms with Crippen LogP contribution < -0.4 is 4.74 Å². The van der Waals surface area contributed by atoms with Crippen molar-refractivity contribution in [1.82, 2.24) is 0 Å². The van der Waals surface area contributed by atoms with Crippen molar-refractivity contribution in [2.45, 2.75) is 12.0 Å². The maximum absolute atomic E-state index is 9.28. The molecule has 3 aromatic rings. The third-order valence-corrected chi connectivity index (χ3v) is 5.64. The highest BCUT2D eigenvalue weighted by Crippen LogP contribution is 2.38. The lowest BCUT2D eigenvalue weighted by Crippen LogP contribution is -2.29. The normalized spacial score (nSPS) is 17.8. The summed E-state index contributed by atoms with van der Waals surface area (Å²) < 4.78 is 11.5. The van der Waals surface area contributed by atoms with E-state index in [4.69, 9.17) is 14.6 Å². The summed E-state index contributed by atoms with van der Waals surface area (Å²) >= 11 is 0. The average molecular weight is 429 g/mol. The van der Waals surface area contributed by atoms with E-state index in [2.05, 4.69) is 54.6 Å². The molecule has 4 heteroatoms. The Kier molecular flexibility index (Phi) is 7.17. The molecule has 0 radical (unpaired) electrons. The Hall–Kier alpha value is -3.18. The van der Waals surface area contributed by atoms with E-state index in [1.54, 1.807) is 0 Å². The van der Waals surface area contributed by atoms with Crippen molar-refractivity contribution in [3.8, 4) is 16.9 Å². The van der Waals surface area contributed by atoms with Crippen molar-refractivity contribution in [1.29, 1.82) is 0 Å². The smallest absolute Gasteiger partial charge is 0.119 e. The van der Waals surface area contributed by atoms with Crippen LogP contribution in [0, 0.1) is 0 Å². The number of aliphatic hydroxyl groups excluding tert-OH is 2. The van der Waals surface area contributed by atoms with E-state index in [0.717, 1.165) is 33.6 Å². The summed E-state index contributed by atoms with van der Waals surface area (Å²) in [6, 6.07) is 26.5. The Morgan fingerprint density at radius 3 is 1.94 bits per heavy atom. The highest BCUT2D eigenvalue weighted by atomic mass is 16.5. The quantitative estimate of drug-likeness (QED) is 0.505. The zero-order valence-electron chi connectivity index (χ0n) is 18.0. The van der Waals surface area contributed by atoms with Gasteiger partial charge in [0.05, 0.1) is 19.8 Å². The standard InChI is InChI=1S/C28H28O4/c29-18-20-31-27-12-10-24(11-13-27)22-6-8-23(9-7-22)25-14-16-28(17-15-25,32-21-19-30)26-4-2-1-3-5-26/h1-16,29-30H,17-21H2. The SMILES string of the molecule is OCCOc1ccc(-c2ccc(C3=CCC(OCCO)(c4ccccc4)C=C3)cc2)cc1. The molecule has 0 saturated carbocycles. The van der Waals surface area contributed by atoms with Gasteiger partial charge >= 0.3 is 0 Å². The lowest BCUT2D eigenvalue weighted by atomic mass is 9.83. The van der Waals surface area contributed by atoms with Gasteiger partial charge in [-0.2, -0.15) is 0 Å². The second kappa shape index (κ2) is 10.4. The molecule has 4 nitrogen and oxygen atoms in total. The number of allylic oxidation sites excluding steroid dienone is 2. The molecule has 1 aliphatic carbocycles. The van der Waals surface area contributed by atoms with E-state index < -0.39 is 5.60 Å². The monoisotopic (exact) mass is 428 g/mol. The molecule has 0 fully saturated rings. The van der Waals surface area contributed by atoms with Crippen LogP contribution in [0.2, 0.25) is 0 Å². The molecule has 1 aliphatic rings. The molecule has 0 heterocycles. The minimum atomic E-state index is -0.548. The third kappa shape index (κ3) is 5.00. The van der Waals surface area contributed by atoms with Gasteiger partial charge in [-0.1, -0.05) is 78.9 Å². The fourth-order valence-electron chi connectivity index (χ4n) is 3.95. The Bertz CT molecular complexity index is 1050. The fraction of sp³-hybridized carbons (Fsp3) is 0.214. The highest BCUT2D eigenvalue weighted by molar-refractivity contribution is 5.77. The van der Waals surface area contributed by atoms with Gasteiger partial charge < -0.3 is 19.7 Å². The van der Waals surface area contributed by atoms with Crippen molar-refractivity contribution in [3.05, 3.63) is 108 Å². The minimum absolute atomic E-state index is 0.00496. The Morgan fingerprint density at radius 1 is 0.719 bits per heavy atom. The summed E-state index contributed by atoms with van der Waals surface area (Å²) in [5, 5.41) is 18.1. The maximum Gasteiger partial charge on any atom is 0.119 e. The molecule has 0 saturated heterocycles. The molecule has 32 heavy (non-hydrogen) atoms. The molecule has 1 unspecified atom stereocenters. The summed E-state index contributed by atoms with van der Waals surface area (Å²) in [6.07, 6.45) is 7.12. The third-order valence-electron chi connectivity index (χ3n) is 5.64. The van der Waals surface area contributed by atoms with E-state index in [-0.39, 0.29) is 13.2 Å². The van der Waals surface area contributed by atoms with Gasteiger partial charge in [0, 0.05) is 6.42 Å². The molecule has 2 N–H and O–H groups in total. The molecule has 164 valence electrons. The number of hydrogen-bond acceptors (Lipinski definition) is 4. The van der Waals surface area contributed by atoms with Crippen LogP contribution in [0.5, 0.6) is 5.75 Å². The molecule has 0 bridgehead atoms. The first-order valence-electron chi connectivity index (χ1n) is 10.9. The fourth-order valence-corrected chi connectivity index (χ4v) is 3.95. The molecule has 3 aromatic carbocycles. The lowest BCUT2D eigenvalue weighted by molar-refractivity contribution is -0.0273. The van der Waals surface area contributed by atoms with Gasteiger partial charge in [-0.15, -0.1) is 0 Å². The number of ether oxygens (including phenoxy) is 2. The van der Waals surface area contributed by atoms with Crippen LogP contribution in [0.4, 0.5) is 0 Å². The Labute approximate surface area is 189 Å². The number of aliphatic hydroxyl groups is 2. The van der Waals surface area contributed by atoms with Gasteiger partial charge in [0.2, 0.25) is 0 Å². The van der Waals surface area contributed by atoms with Crippen LogP contribution in [0.25, 0.3) is 16.7 Å². The van der Waals surface area contributed by atoms with Gasteiger partial charge in [-0.25, -0.2) is 0 Å². The van der Waals surface area contributed by atoms with E-state index >= 15 is 0 Å². The first-order valence-corrected chi connectivity index (χ1v) is 10.9. The second-order valence-corrected chi connectivity index (χ2v) is 7.70. The van der Waals surface area contributed by atoms with Crippen LogP contribution in [0.1, 0.15) is 17.5 Å². The van der Waals surface area contributed by atoms with Crippen molar-refractivity contribution in [2.24, 2.45) is 0 Å². The molecule has 0 aromatic heterocycles. The van der Waals surface area contributed by atoms with E-state index in [9.17, 15) is 5.11 Å².